The topological polar surface area (TPSA) is 86.8 Å². The minimum Gasteiger partial charge on any atom is -0.354 e. The molecule has 0 aliphatic rings. The zero-order valence-electron chi connectivity index (χ0n) is 20.1. The standard InChI is InChI=1S/C24H30Cl3N3O4S/c1-5-6-11-28-24(32)17(3)29(14-18-10-8-7-9-16(18)2)23(31)15-30(35(4,33)34)22-13-20(26)19(25)12-21(22)27/h7-10,12-13,17H,5-6,11,14-15H2,1-4H3,(H,28,32)/t17-/m0/s1. The van der Waals surface area contributed by atoms with Gasteiger partial charge in [0.1, 0.15) is 12.6 Å². The maximum atomic E-state index is 13.6. The molecule has 7 nitrogen and oxygen atoms in total. The van der Waals surface area contributed by atoms with Crippen molar-refractivity contribution >= 4 is 62.3 Å². The fourth-order valence-electron chi connectivity index (χ4n) is 3.39. The van der Waals surface area contributed by atoms with Crippen LogP contribution >= 0.6 is 34.8 Å². The van der Waals surface area contributed by atoms with Gasteiger partial charge < -0.3 is 10.2 Å². The number of hydrogen-bond donors (Lipinski definition) is 1. The first kappa shape index (κ1) is 29.2. The first-order chi connectivity index (χ1) is 16.4. The molecule has 0 fully saturated rings. The van der Waals surface area contributed by atoms with Crippen molar-refractivity contribution < 1.29 is 18.0 Å². The van der Waals surface area contributed by atoms with Crippen molar-refractivity contribution in [3.63, 3.8) is 0 Å². The molecule has 0 aromatic heterocycles. The van der Waals surface area contributed by atoms with Crippen molar-refractivity contribution in [2.24, 2.45) is 0 Å². The molecule has 2 aromatic rings. The Morgan fingerprint density at radius 1 is 1.06 bits per heavy atom. The summed E-state index contributed by atoms with van der Waals surface area (Å²) in [6, 6.07) is 9.26. The molecule has 2 aromatic carbocycles. The molecule has 35 heavy (non-hydrogen) atoms. The van der Waals surface area contributed by atoms with E-state index >= 15 is 0 Å². The number of amides is 2. The molecule has 0 unspecified atom stereocenters. The van der Waals surface area contributed by atoms with Gasteiger partial charge in [-0.25, -0.2) is 8.42 Å². The van der Waals surface area contributed by atoms with E-state index in [1.165, 1.54) is 17.0 Å². The van der Waals surface area contributed by atoms with Crippen LogP contribution in [0.3, 0.4) is 0 Å². The van der Waals surface area contributed by atoms with Crippen LogP contribution in [0.5, 0.6) is 0 Å². The number of aryl methyl sites for hydroxylation is 1. The molecule has 0 saturated heterocycles. The summed E-state index contributed by atoms with van der Waals surface area (Å²) < 4.78 is 26.2. The molecular formula is C24H30Cl3N3O4S. The van der Waals surface area contributed by atoms with Gasteiger partial charge in [0.05, 0.1) is 27.0 Å². The number of carbonyl (C=O) groups is 2. The highest BCUT2D eigenvalue weighted by Crippen LogP contribution is 2.35. The first-order valence-electron chi connectivity index (χ1n) is 11.1. The largest absolute Gasteiger partial charge is 0.354 e. The third kappa shape index (κ3) is 8.00. The van der Waals surface area contributed by atoms with E-state index in [1.54, 1.807) is 6.92 Å². The number of benzene rings is 2. The van der Waals surface area contributed by atoms with Crippen LogP contribution in [-0.2, 0) is 26.2 Å². The fraction of sp³-hybridized carbons (Fsp3) is 0.417. The monoisotopic (exact) mass is 561 g/mol. The van der Waals surface area contributed by atoms with Gasteiger partial charge in [-0.05, 0) is 43.5 Å². The average Bonchev–Trinajstić information content (AvgIpc) is 2.78. The minimum absolute atomic E-state index is 0.0211. The quantitative estimate of drug-likeness (QED) is 0.307. The summed E-state index contributed by atoms with van der Waals surface area (Å²) in [6.45, 7) is 5.57. The summed E-state index contributed by atoms with van der Waals surface area (Å²) in [4.78, 5) is 27.8. The number of rotatable bonds is 11. The Morgan fingerprint density at radius 2 is 1.69 bits per heavy atom. The van der Waals surface area contributed by atoms with E-state index in [4.69, 9.17) is 34.8 Å². The van der Waals surface area contributed by atoms with Crippen LogP contribution in [-0.4, -0.2) is 50.5 Å². The molecule has 0 saturated carbocycles. The highest BCUT2D eigenvalue weighted by molar-refractivity contribution is 7.92. The van der Waals surface area contributed by atoms with Gasteiger partial charge >= 0.3 is 0 Å². The van der Waals surface area contributed by atoms with E-state index in [0.717, 1.165) is 34.5 Å². The molecule has 2 amide bonds. The Bertz CT molecular complexity index is 1170. The molecule has 0 aliphatic heterocycles. The van der Waals surface area contributed by atoms with E-state index in [0.29, 0.717) is 6.54 Å². The summed E-state index contributed by atoms with van der Waals surface area (Å²) in [5.41, 5.74) is 1.80. The van der Waals surface area contributed by atoms with Crippen LogP contribution < -0.4 is 9.62 Å². The van der Waals surface area contributed by atoms with E-state index < -0.39 is 28.5 Å². The molecule has 0 bridgehead atoms. The highest BCUT2D eigenvalue weighted by atomic mass is 35.5. The zero-order valence-corrected chi connectivity index (χ0v) is 23.2. The molecular weight excluding hydrogens is 533 g/mol. The zero-order chi connectivity index (χ0) is 26.3. The maximum Gasteiger partial charge on any atom is 0.244 e. The minimum atomic E-state index is -3.94. The first-order valence-corrected chi connectivity index (χ1v) is 14.1. The lowest BCUT2D eigenvalue weighted by atomic mass is 10.1. The summed E-state index contributed by atoms with van der Waals surface area (Å²) in [5.74, 6) is -0.891. The van der Waals surface area contributed by atoms with E-state index in [9.17, 15) is 18.0 Å². The van der Waals surface area contributed by atoms with Crippen LogP contribution in [0, 0.1) is 6.92 Å². The Kier molecular flexibility index (Phi) is 10.7. The van der Waals surface area contributed by atoms with Crippen molar-refractivity contribution in [1.82, 2.24) is 10.2 Å². The molecule has 1 atom stereocenters. The molecule has 1 N–H and O–H groups in total. The maximum absolute atomic E-state index is 13.6. The molecule has 0 heterocycles. The summed E-state index contributed by atoms with van der Waals surface area (Å²) in [7, 11) is -3.94. The van der Waals surface area contributed by atoms with Crippen LogP contribution in [0.2, 0.25) is 15.1 Å². The SMILES string of the molecule is CCCCNC(=O)[C@H](C)N(Cc1ccccc1C)C(=O)CN(c1cc(Cl)c(Cl)cc1Cl)S(C)(=O)=O. The smallest absolute Gasteiger partial charge is 0.244 e. The Balaban J connectivity index is 2.43. The molecule has 192 valence electrons. The Morgan fingerprint density at radius 3 is 2.29 bits per heavy atom. The molecule has 11 heteroatoms. The van der Waals surface area contributed by atoms with Crippen molar-refractivity contribution in [2.75, 3.05) is 23.7 Å². The second-order valence-corrected chi connectivity index (χ2v) is 11.4. The average molecular weight is 563 g/mol. The number of anilines is 1. The van der Waals surface area contributed by atoms with Gasteiger partial charge in [0.2, 0.25) is 21.8 Å². The summed E-state index contributed by atoms with van der Waals surface area (Å²) >= 11 is 18.3. The number of carbonyl (C=O) groups excluding carboxylic acids is 2. The van der Waals surface area contributed by atoms with Crippen molar-refractivity contribution in [3.05, 3.63) is 62.6 Å². The lowest BCUT2D eigenvalue weighted by Crippen LogP contribution is -2.51. The molecule has 2 rings (SSSR count). The third-order valence-electron chi connectivity index (χ3n) is 5.54. The molecule has 0 aliphatic carbocycles. The number of nitrogens with zero attached hydrogens (tertiary/aromatic N) is 2. The predicted octanol–water partition coefficient (Wildman–Crippen LogP) is 5.05. The van der Waals surface area contributed by atoms with Gasteiger partial charge in [-0.1, -0.05) is 72.4 Å². The van der Waals surface area contributed by atoms with Gasteiger partial charge in [0.15, 0.2) is 0 Å². The number of unbranched alkanes of at least 4 members (excludes halogenated alkanes) is 1. The highest BCUT2D eigenvalue weighted by Gasteiger charge is 2.31. The number of sulfonamides is 1. The Labute approximate surface area is 222 Å². The Hall–Kier alpha value is -2.00. The van der Waals surface area contributed by atoms with Gasteiger partial charge in [0.25, 0.3) is 0 Å². The van der Waals surface area contributed by atoms with E-state index in [1.807, 2.05) is 38.1 Å². The van der Waals surface area contributed by atoms with Gasteiger partial charge in [-0.2, -0.15) is 0 Å². The lowest BCUT2D eigenvalue weighted by molar-refractivity contribution is -0.139. The van der Waals surface area contributed by atoms with E-state index in [-0.39, 0.29) is 33.2 Å². The van der Waals surface area contributed by atoms with Crippen LogP contribution in [0.1, 0.15) is 37.8 Å². The van der Waals surface area contributed by atoms with Crippen LogP contribution in [0.15, 0.2) is 36.4 Å². The molecule has 0 spiro atoms. The lowest BCUT2D eigenvalue weighted by Gasteiger charge is -2.32. The van der Waals surface area contributed by atoms with E-state index in [2.05, 4.69) is 5.32 Å². The summed E-state index contributed by atoms with van der Waals surface area (Å²) in [6.07, 6.45) is 2.68. The third-order valence-corrected chi connectivity index (χ3v) is 7.69. The number of nitrogens with one attached hydrogen (secondary N) is 1. The van der Waals surface area contributed by atoms with Crippen molar-refractivity contribution in [1.29, 1.82) is 0 Å². The second kappa shape index (κ2) is 12.8. The number of halogens is 3. The van der Waals surface area contributed by atoms with Crippen LogP contribution in [0.4, 0.5) is 5.69 Å². The van der Waals surface area contributed by atoms with Crippen LogP contribution in [0.25, 0.3) is 0 Å². The van der Waals surface area contributed by atoms with Gasteiger partial charge in [0, 0.05) is 13.1 Å². The second-order valence-electron chi connectivity index (χ2n) is 8.26. The summed E-state index contributed by atoms with van der Waals surface area (Å²) in [5, 5.41) is 3.10. The van der Waals surface area contributed by atoms with Gasteiger partial charge in [-0.15, -0.1) is 0 Å². The number of hydrogen-bond acceptors (Lipinski definition) is 4. The predicted molar refractivity (Wildman–Crippen MR) is 143 cm³/mol. The fourth-order valence-corrected chi connectivity index (χ4v) is 4.93. The normalized spacial score (nSPS) is 12.2. The van der Waals surface area contributed by atoms with Crippen molar-refractivity contribution in [3.8, 4) is 0 Å². The molecule has 0 radical (unpaired) electrons. The van der Waals surface area contributed by atoms with Gasteiger partial charge in [-0.3, -0.25) is 13.9 Å². The van der Waals surface area contributed by atoms with Crippen molar-refractivity contribution in [2.45, 2.75) is 46.2 Å².